The van der Waals surface area contributed by atoms with Gasteiger partial charge in [-0.3, -0.25) is 14.6 Å². The first-order valence-electron chi connectivity index (χ1n) is 9.44. The van der Waals surface area contributed by atoms with Gasteiger partial charge in [-0.2, -0.15) is 5.10 Å². The van der Waals surface area contributed by atoms with Gasteiger partial charge >= 0.3 is 5.97 Å². The number of ether oxygens (including phenoxy) is 1. The first kappa shape index (κ1) is 20.5. The highest BCUT2D eigenvalue weighted by Gasteiger charge is 2.17. The van der Waals surface area contributed by atoms with Gasteiger partial charge in [0.15, 0.2) is 0 Å². The summed E-state index contributed by atoms with van der Waals surface area (Å²) in [5.41, 5.74) is 0.207. The molecule has 0 unspecified atom stereocenters. The van der Waals surface area contributed by atoms with E-state index in [-0.39, 0.29) is 17.9 Å². The van der Waals surface area contributed by atoms with Crippen LogP contribution in [0, 0.1) is 0 Å². The number of pyridine rings is 1. The van der Waals surface area contributed by atoms with Crippen molar-refractivity contribution in [2.75, 3.05) is 0 Å². The summed E-state index contributed by atoms with van der Waals surface area (Å²) in [6, 6.07) is 11.1. The van der Waals surface area contributed by atoms with Crippen molar-refractivity contribution in [2.45, 2.75) is 39.3 Å². The molecule has 0 spiro atoms. The van der Waals surface area contributed by atoms with E-state index in [0.29, 0.717) is 28.2 Å². The van der Waals surface area contributed by atoms with Crippen LogP contribution >= 0.6 is 22.9 Å². The number of thiophene rings is 1. The second-order valence-corrected chi connectivity index (χ2v) is 9.55. The molecule has 0 fully saturated rings. The molecule has 0 aliphatic carbocycles. The third-order valence-corrected chi connectivity index (χ3v) is 5.79. The van der Waals surface area contributed by atoms with E-state index in [1.807, 2.05) is 45.0 Å². The van der Waals surface area contributed by atoms with Gasteiger partial charge in [0.2, 0.25) is 0 Å². The van der Waals surface area contributed by atoms with Crippen molar-refractivity contribution in [2.24, 2.45) is 0 Å². The van der Waals surface area contributed by atoms with E-state index in [0.717, 1.165) is 15.0 Å². The number of aromatic nitrogens is 3. The lowest BCUT2D eigenvalue weighted by Gasteiger charge is -2.19. The fourth-order valence-electron chi connectivity index (χ4n) is 3.15. The van der Waals surface area contributed by atoms with Crippen LogP contribution in [-0.4, -0.2) is 26.3 Å². The maximum atomic E-state index is 12.9. The Morgan fingerprint density at radius 2 is 2.00 bits per heavy atom. The van der Waals surface area contributed by atoms with Crippen LogP contribution < -0.4 is 5.56 Å². The monoisotopic (exact) mass is 441 g/mol. The topological polar surface area (TPSA) is 74.1 Å². The lowest BCUT2D eigenvalue weighted by atomic mass is 10.2. The second-order valence-electron chi connectivity index (χ2n) is 7.97. The molecule has 0 bridgehead atoms. The van der Waals surface area contributed by atoms with Crippen molar-refractivity contribution >= 4 is 49.9 Å². The minimum absolute atomic E-state index is 0.0405. The summed E-state index contributed by atoms with van der Waals surface area (Å²) in [4.78, 5) is 30.3. The zero-order valence-corrected chi connectivity index (χ0v) is 18.4. The number of esters is 1. The first-order chi connectivity index (χ1) is 14.2. The maximum absolute atomic E-state index is 12.9. The first-order valence-corrected chi connectivity index (χ1v) is 10.6. The Bertz CT molecular complexity index is 1320. The molecular formula is C22H20ClN3O3S. The summed E-state index contributed by atoms with van der Waals surface area (Å²) in [6.45, 7) is 5.80. The van der Waals surface area contributed by atoms with Gasteiger partial charge in [-0.15, -0.1) is 11.3 Å². The van der Waals surface area contributed by atoms with Crippen LogP contribution in [0.2, 0.25) is 5.02 Å². The fourth-order valence-corrected chi connectivity index (χ4v) is 4.51. The van der Waals surface area contributed by atoms with Gasteiger partial charge in [0, 0.05) is 20.0 Å². The number of rotatable bonds is 4. The Morgan fingerprint density at radius 3 is 2.73 bits per heavy atom. The highest BCUT2D eigenvalue weighted by atomic mass is 35.5. The van der Waals surface area contributed by atoms with Gasteiger partial charge in [0.05, 0.1) is 35.8 Å². The van der Waals surface area contributed by atoms with Gasteiger partial charge in [0.1, 0.15) is 5.60 Å². The smallest absolute Gasteiger partial charge is 0.312 e. The van der Waals surface area contributed by atoms with Gasteiger partial charge in [-0.25, -0.2) is 4.68 Å². The van der Waals surface area contributed by atoms with Crippen LogP contribution in [0.25, 0.3) is 21.0 Å². The minimum atomic E-state index is -0.556. The summed E-state index contributed by atoms with van der Waals surface area (Å²) >= 11 is 7.83. The molecule has 154 valence electrons. The zero-order valence-electron chi connectivity index (χ0n) is 16.8. The summed E-state index contributed by atoms with van der Waals surface area (Å²) in [7, 11) is 0. The van der Waals surface area contributed by atoms with Crippen molar-refractivity contribution in [3.8, 4) is 0 Å². The van der Waals surface area contributed by atoms with Crippen LogP contribution in [0.1, 0.15) is 31.3 Å². The van der Waals surface area contributed by atoms with Crippen LogP contribution in [0.4, 0.5) is 0 Å². The van der Waals surface area contributed by atoms with Crippen LogP contribution in [0.15, 0.2) is 47.4 Å². The molecule has 0 radical (unpaired) electrons. The van der Waals surface area contributed by atoms with Crippen molar-refractivity contribution in [3.63, 3.8) is 0 Å². The molecule has 0 amide bonds. The lowest BCUT2D eigenvalue weighted by Crippen LogP contribution is -2.25. The molecule has 0 aliphatic rings. The highest BCUT2D eigenvalue weighted by Crippen LogP contribution is 2.31. The third-order valence-electron chi connectivity index (χ3n) is 4.38. The molecule has 0 N–H and O–H groups in total. The molecule has 0 atom stereocenters. The predicted molar refractivity (Wildman–Crippen MR) is 119 cm³/mol. The van der Waals surface area contributed by atoms with E-state index in [2.05, 4.69) is 10.1 Å². The number of fused-ring (bicyclic) bond motifs is 2. The normalized spacial score (nSPS) is 11.9. The van der Waals surface area contributed by atoms with Gasteiger partial charge in [0.25, 0.3) is 5.56 Å². The predicted octanol–water partition coefficient (Wildman–Crippen LogP) is 4.59. The average Bonchev–Trinajstić information content (AvgIpc) is 3.06. The molecule has 0 aliphatic heterocycles. The standard InChI is InChI=1S/C22H20ClN3O3S/c1-22(2,3)29-20(27)9-13-7-8-15-18(25-13)11-24-26(21(15)28)12-14-10-16-17(23)5-4-6-19(16)30-14/h4-8,10-11H,9,12H2,1-3H3. The number of halogens is 1. The van der Waals surface area contributed by atoms with Gasteiger partial charge < -0.3 is 4.74 Å². The molecular weight excluding hydrogens is 422 g/mol. The Kier molecular flexibility index (Phi) is 5.34. The van der Waals surface area contributed by atoms with E-state index < -0.39 is 5.60 Å². The van der Waals surface area contributed by atoms with E-state index >= 15 is 0 Å². The lowest BCUT2D eigenvalue weighted by molar-refractivity contribution is -0.153. The Hall–Kier alpha value is -2.77. The van der Waals surface area contributed by atoms with E-state index in [1.54, 1.807) is 29.7 Å². The molecule has 30 heavy (non-hydrogen) atoms. The molecule has 0 saturated heterocycles. The summed E-state index contributed by atoms with van der Waals surface area (Å²) < 4.78 is 7.81. The maximum Gasteiger partial charge on any atom is 0.312 e. The number of hydrogen-bond acceptors (Lipinski definition) is 6. The average molecular weight is 442 g/mol. The van der Waals surface area contributed by atoms with E-state index in [4.69, 9.17) is 16.3 Å². The van der Waals surface area contributed by atoms with Crippen molar-refractivity contribution in [1.29, 1.82) is 0 Å². The Labute approximate surface area is 182 Å². The zero-order chi connectivity index (χ0) is 21.5. The van der Waals surface area contributed by atoms with E-state index in [9.17, 15) is 9.59 Å². The highest BCUT2D eigenvalue weighted by molar-refractivity contribution is 7.19. The van der Waals surface area contributed by atoms with Crippen molar-refractivity contribution in [1.82, 2.24) is 14.8 Å². The molecule has 3 aromatic heterocycles. The molecule has 8 heteroatoms. The van der Waals surface area contributed by atoms with Crippen LogP contribution in [0.3, 0.4) is 0 Å². The number of carbonyl (C=O) groups is 1. The number of hydrogen-bond donors (Lipinski definition) is 0. The summed E-state index contributed by atoms with van der Waals surface area (Å²) in [5.74, 6) is -0.362. The Balaban J connectivity index is 1.60. The molecule has 4 aromatic rings. The fraction of sp³-hybridized carbons (Fsp3) is 0.273. The molecule has 4 rings (SSSR count). The molecule has 1 aromatic carbocycles. The molecule has 6 nitrogen and oxygen atoms in total. The third kappa shape index (κ3) is 4.37. The second kappa shape index (κ2) is 7.81. The quantitative estimate of drug-likeness (QED) is 0.433. The number of nitrogens with zero attached hydrogens (tertiary/aromatic N) is 3. The Morgan fingerprint density at radius 1 is 1.20 bits per heavy atom. The van der Waals surface area contributed by atoms with Crippen molar-refractivity contribution < 1.29 is 9.53 Å². The van der Waals surface area contributed by atoms with E-state index in [1.165, 1.54) is 4.68 Å². The number of benzene rings is 1. The van der Waals surface area contributed by atoms with Crippen LogP contribution in [0.5, 0.6) is 0 Å². The molecule has 3 heterocycles. The largest absolute Gasteiger partial charge is 0.460 e. The number of carbonyl (C=O) groups excluding carboxylic acids is 1. The van der Waals surface area contributed by atoms with Gasteiger partial charge in [-0.1, -0.05) is 17.7 Å². The SMILES string of the molecule is CC(C)(C)OC(=O)Cc1ccc2c(=O)n(Cc3cc4c(Cl)cccc4s3)ncc2n1. The summed E-state index contributed by atoms with van der Waals surface area (Å²) in [5, 5.41) is 6.39. The summed E-state index contributed by atoms with van der Waals surface area (Å²) in [6.07, 6.45) is 1.59. The molecule has 0 saturated carbocycles. The van der Waals surface area contributed by atoms with Crippen LogP contribution in [-0.2, 0) is 22.5 Å². The van der Waals surface area contributed by atoms with Crippen molar-refractivity contribution in [3.05, 3.63) is 68.5 Å². The minimum Gasteiger partial charge on any atom is -0.460 e. The van der Waals surface area contributed by atoms with Gasteiger partial charge in [-0.05, 0) is 51.1 Å².